The number of piperidine rings is 1. The van der Waals surface area contributed by atoms with E-state index in [2.05, 4.69) is 9.88 Å². The fourth-order valence-corrected chi connectivity index (χ4v) is 3.18. The number of hydrogen-bond donors (Lipinski definition) is 1. The summed E-state index contributed by atoms with van der Waals surface area (Å²) in [7, 11) is 0. The van der Waals surface area contributed by atoms with Crippen LogP contribution >= 0.6 is 11.3 Å². The molecule has 0 spiro atoms. The monoisotopic (exact) mass is 265 g/mol. The van der Waals surface area contributed by atoms with Crippen molar-refractivity contribution in [1.29, 1.82) is 0 Å². The molecule has 0 aliphatic carbocycles. The van der Waals surface area contributed by atoms with Crippen molar-refractivity contribution in [2.45, 2.75) is 19.4 Å². The lowest BCUT2D eigenvalue weighted by Crippen LogP contribution is -2.42. The topological polar surface area (TPSA) is 57.8 Å². The molecule has 3 heterocycles. The van der Waals surface area contributed by atoms with Gasteiger partial charge in [0.05, 0.1) is 6.10 Å². The van der Waals surface area contributed by atoms with Crippen LogP contribution in [-0.2, 0) is 0 Å². The Labute approximate surface area is 109 Å². The van der Waals surface area contributed by atoms with Crippen LogP contribution in [0.1, 0.15) is 23.8 Å². The standard InChI is InChI=1S/C12H15N3O2S/c1-8-6-14(3-2-10(8)17)11-9(7-16)15-4-5-18-12(15)13-11/h4-5,7-8,10,17H,2-3,6H2,1H3. The Balaban J connectivity index is 1.98. The predicted octanol–water partition coefficient (Wildman–Crippen LogP) is 1.42. The molecular formula is C12H15N3O2S. The Morgan fingerprint density at radius 1 is 1.61 bits per heavy atom. The van der Waals surface area contributed by atoms with Crippen LogP contribution in [0.5, 0.6) is 0 Å². The number of hydrogen-bond acceptors (Lipinski definition) is 5. The number of nitrogens with zero attached hydrogens (tertiary/aromatic N) is 3. The van der Waals surface area contributed by atoms with Crippen molar-refractivity contribution in [2.24, 2.45) is 5.92 Å². The number of carbonyl (C=O) groups is 1. The second-order valence-corrected chi connectivity index (χ2v) is 5.65. The SMILES string of the molecule is CC1CN(c2nc3sccn3c2C=O)CCC1O. The van der Waals surface area contributed by atoms with Gasteiger partial charge in [-0.2, -0.15) is 0 Å². The molecule has 1 saturated heterocycles. The first-order valence-corrected chi connectivity index (χ1v) is 6.92. The fourth-order valence-electron chi connectivity index (χ4n) is 2.46. The molecule has 1 fully saturated rings. The van der Waals surface area contributed by atoms with Gasteiger partial charge in [-0.3, -0.25) is 9.20 Å². The van der Waals surface area contributed by atoms with E-state index in [9.17, 15) is 9.90 Å². The highest BCUT2D eigenvalue weighted by molar-refractivity contribution is 7.15. The zero-order chi connectivity index (χ0) is 12.7. The van der Waals surface area contributed by atoms with Gasteiger partial charge < -0.3 is 10.0 Å². The molecule has 0 amide bonds. The summed E-state index contributed by atoms with van der Waals surface area (Å²) in [6.07, 6.45) is 3.20. The summed E-state index contributed by atoms with van der Waals surface area (Å²) in [6, 6.07) is 0. The van der Waals surface area contributed by atoms with Gasteiger partial charge in [0.25, 0.3) is 0 Å². The number of aliphatic hydroxyl groups excluding tert-OH is 1. The number of rotatable bonds is 2. The van der Waals surface area contributed by atoms with E-state index in [-0.39, 0.29) is 12.0 Å². The zero-order valence-corrected chi connectivity index (χ0v) is 10.9. The number of imidazole rings is 1. The number of aldehydes is 1. The number of aliphatic hydroxyl groups is 1. The Kier molecular flexibility index (Phi) is 2.83. The van der Waals surface area contributed by atoms with E-state index in [1.807, 2.05) is 22.9 Å². The highest BCUT2D eigenvalue weighted by Crippen LogP contribution is 2.27. The van der Waals surface area contributed by atoms with Gasteiger partial charge in [-0.05, 0) is 12.3 Å². The normalized spacial score (nSPS) is 24.7. The van der Waals surface area contributed by atoms with Gasteiger partial charge in [0, 0.05) is 24.7 Å². The van der Waals surface area contributed by atoms with E-state index in [4.69, 9.17) is 0 Å². The van der Waals surface area contributed by atoms with Gasteiger partial charge in [-0.15, -0.1) is 11.3 Å². The maximum Gasteiger partial charge on any atom is 0.196 e. The van der Waals surface area contributed by atoms with Crippen LogP contribution in [0.15, 0.2) is 11.6 Å². The first-order valence-electron chi connectivity index (χ1n) is 6.04. The number of fused-ring (bicyclic) bond motifs is 1. The van der Waals surface area contributed by atoms with Crippen molar-refractivity contribution < 1.29 is 9.90 Å². The number of aromatic nitrogens is 2. The van der Waals surface area contributed by atoms with Crippen molar-refractivity contribution in [2.75, 3.05) is 18.0 Å². The molecule has 2 atom stereocenters. The van der Waals surface area contributed by atoms with Crippen molar-refractivity contribution in [3.8, 4) is 0 Å². The molecule has 2 aromatic rings. The highest BCUT2D eigenvalue weighted by Gasteiger charge is 2.27. The largest absolute Gasteiger partial charge is 0.393 e. The van der Waals surface area contributed by atoms with Crippen molar-refractivity contribution in [3.05, 3.63) is 17.3 Å². The minimum absolute atomic E-state index is 0.206. The molecule has 1 N–H and O–H groups in total. The van der Waals surface area contributed by atoms with Gasteiger partial charge in [-0.25, -0.2) is 4.98 Å². The van der Waals surface area contributed by atoms with E-state index in [1.165, 1.54) is 11.3 Å². The van der Waals surface area contributed by atoms with Crippen LogP contribution in [0.2, 0.25) is 0 Å². The summed E-state index contributed by atoms with van der Waals surface area (Å²) >= 11 is 1.52. The van der Waals surface area contributed by atoms with Gasteiger partial charge in [0.15, 0.2) is 17.1 Å². The van der Waals surface area contributed by atoms with Crippen LogP contribution in [0.3, 0.4) is 0 Å². The maximum absolute atomic E-state index is 11.3. The van der Waals surface area contributed by atoms with Crippen molar-refractivity contribution >= 4 is 28.4 Å². The third kappa shape index (κ3) is 1.72. The van der Waals surface area contributed by atoms with Crippen LogP contribution in [0.4, 0.5) is 5.82 Å². The molecule has 1 aliphatic rings. The molecule has 0 saturated carbocycles. The summed E-state index contributed by atoms with van der Waals surface area (Å²) in [5, 5.41) is 11.7. The number of anilines is 1. The summed E-state index contributed by atoms with van der Waals surface area (Å²) < 4.78 is 1.82. The highest BCUT2D eigenvalue weighted by atomic mass is 32.1. The van der Waals surface area contributed by atoms with E-state index in [0.29, 0.717) is 5.69 Å². The Hall–Kier alpha value is -1.40. The van der Waals surface area contributed by atoms with Crippen LogP contribution < -0.4 is 4.90 Å². The summed E-state index contributed by atoms with van der Waals surface area (Å²) in [5.74, 6) is 0.952. The molecule has 1 aliphatic heterocycles. The van der Waals surface area contributed by atoms with Crippen LogP contribution in [-0.4, -0.2) is 40.0 Å². The molecule has 2 aromatic heterocycles. The Morgan fingerprint density at radius 2 is 2.44 bits per heavy atom. The van der Waals surface area contributed by atoms with Crippen LogP contribution in [0.25, 0.3) is 4.96 Å². The molecule has 0 radical (unpaired) electrons. The third-order valence-corrected chi connectivity index (χ3v) is 4.31. The fraction of sp³-hybridized carbons (Fsp3) is 0.500. The lowest BCUT2D eigenvalue weighted by atomic mass is 9.97. The molecule has 6 heteroatoms. The van der Waals surface area contributed by atoms with Crippen molar-refractivity contribution in [3.63, 3.8) is 0 Å². The van der Waals surface area contributed by atoms with Gasteiger partial charge in [-0.1, -0.05) is 6.92 Å². The molecule has 96 valence electrons. The average molecular weight is 265 g/mol. The molecule has 18 heavy (non-hydrogen) atoms. The van der Waals surface area contributed by atoms with E-state index in [0.717, 1.165) is 36.6 Å². The number of carbonyl (C=O) groups excluding carboxylic acids is 1. The molecule has 0 bridgehead atoms. The lowest BCUT2D eigenvalue weighted by molar-refractivity contribution is 0.0968. The zero-order valence-electron chi connectivity index (χ0n) is 10.1. The maximum atomic E-state index is 11.3. The van der Waals surface area contributed by atoms with E-state index < -0.39 is 0 Å². The average Bonchev–Trinajstić information content (AvgIpc) is 2.92. The Morgan fingerprint density at radius 3 is 3.17 bits per heavy atom. The summed E-state index contributed by atoms with van der Waals surface area (Å²) in [6.45, 7) is 3.51. The second-order valence-electron chi connectivity index (χ2n) is 4.77. The molecule has 5 nitrogen and oxygen atoms in total. The summed E-state index contributed by atoms with van der Waals surface area (Å²) in [4.78, 5) is 18.7. The minimum atomic E-state index is -0.246. The number of thiazole rings is 1. The van der Waals surface area contributed by atoms with Crippen molar-refractivity contribution in [1.82, 2.24) is 9.38 Å². The van der Waals surface area contributed by atoms with Gasteiger partial charge in [0.2, 0.25) is 0 Å². The first-order chi connectivity index (χ1) is 8.70. The lowest BCUT2D eigenvalue weighted by Gasteiger charge is -2.34. The minimum Gasteiger partial charge on any atom is -0.393 e. The van der Waals surface area contributed by atoms with E-state index in [1.54, 1.807) is 0 Å². The predicted molar refractivity (Wildman–Crippen MR) is 70.5 cm³/mol. The smallest absolute Gasteiger partial charge is 0.196 e. The first kappa shape index (κ1) is 11.7. The third-order valence-electron chi connectivity index (χ3n) is 3.55. The second kappa shape index (κ2) is 4.37. The van der Waals surface area contributed by atoms with Crippen LogP contribution in [0, 0.1) is 5.92 Å². The quantitative estimate of drug-likeness (QED) is 0.834. The molecule has 0 aromatic carbocycles. The molecule has 3 rings (SSSR count). The molecular weight excluding hydrogens is 250 g/mol. The van der Waals surface area contributed by atoms with Gasteiger partial charge in [0.1, 0.15) is 5.69 Å². The van der Waals surface area contributed by atoms with E-state index >= 15 is 0 Å². The Bertz CT molecular complexity index is 577. The molecule has 2 unspecified atom stereocenters. The van der Waals surface area contributed by atoms with Gasteiger partial charge >= 0.3 is 0 Å². The summed E-state index contributed by atoms with van der Waals surface area (Å²) in [5.41, 5.74) is 0.606.